The average molecular weight is 350 g/mol. The van der Waals surface area contributed by atoms with Crippen molar-refractivity contribution < 1.29 is 14.3 Å². The number of amides is 2. The summed E-state index contributed by atoms with van der Waals surface area (Å²) in [5.74, 6) is 0.285. The summed E-state index contributed by atoms with van der Waals surface area (Å²) in [6, 6.07) is 17.7. The van der Waals surface area contributed by atoms with Gasteiger partial charge in [0.05, 0.1) is 25.5 Å². The fraction of sp³-hybridized carbons (Fsp3) is 0.333. The summed E-state index contributed by atoms with van der Waals surface area (Å²) in [6.07, 6.45) is 0. The summed E-state index contributed by atoms with van der Waals surface area (Å²) < 4.78 is 5.15. The van der Waals surface area contributed by atoms with Crippen LogP contribution in [0.4, 0.5) is 0 Å². The molecule has 5 nitrogen and oxygen atoms in total. The number of nitrogens with zero attached hydrogens (tertiary/aromatic N) is 2. The monoisotopic (exact) mass is 350 g/mol. The van der Waals surface area contributed by atoms with E-state index in [0.717, 1.165) is 17.9 Å². The molecule has 2 aliphatic heterocycles. The molecule has 0 radical (unpaired) electrons. The van der Waals surface area contributed by atoms with Gasteiger partial charge >= 0.3 is 0 Å². The molecule has 2 aliphatic rings. The Morgan fingerprint density at radius 2 is 1.42 bits per heavy atom. The van der Waals surface area contributed by atoms with E-state index in [1.807, 2.05) is 42.5 Å². The number of hydrogen-bond acceptors (Lipinski definition) is 4. The molecule has 2 amide bonds. The summed E-state index contributed by atoms with van der Waals surface area (Å²) >= 11 is 0. The predicted molar refractivity (Wildman–Crippen MR) is 97.3 cm³/mol. The predicted octanol–water partition coefficient (Wildman–Crippen LogP) is 2.31. The highest BCUT2D eigenvalue weighted by atomic mass is 16.5. The average Bonchev–Trinajstić information content (AvgIpc) is 3.18. The Morgan fingerprint density at radius 3 is 2.00 bits per heavy atom. The van der Waals surface area contributed by atoms with E-state index in [1.54, 1.807) is 7.11 Å². The number of likely N-dealkylation sites (tertiary alicyclic amines) is 2. The summed E-state index contributed by atoms with van der Waals surface area (Å²) in [4.78, 5) is 29.2. The molecule has 0 aromatic heterocycles. The zero-order valence-electron chi connectivity index (χ0n) is 14.8. The number of carbonyl (C=O) groups is 2. The van der Waals surface area contributed by atoms with E-state index in [1.165, 1.54) is 10.5 Å². The van der Waals surface area contributed by atoms with Gasteiger partial charge in [0, 0.05) is 19.6 Å². The molecule has 2 atom stereocenters. The molecule has 2 aromatic carbocycles. The van der Waals surface area contributed by atoms with Crippen LogP contribution in [0.3, 0.4) is 0 Å². The van der Waals surface area contributed by atoms with Crippen molar-refractivity contribution in [2.24, 2.45) is 11.8 Å². The maximum atomic E-state index is 12.8. The maximum absolute atomic E-state index is 12.8. The van der Waals surface area contributed by atoms with Gasteiger partial charge in [0.15, 0.2) is 0 Å². The quantitative estimate of drug-likeness (QED) is 0.777. The van der Waals surface area contributed by atoms with Crippen molar-refractivity contribution in [2.75, 3.05) is 20.2 Å². The van der Waals surface area contributed by atoms with Crippen LogP contribution in [0.1, 0.15) is 11.1 Å². The normalized spacial score (nSPS) is 22.7. The van der Waals surface area contributed by atoms with Crippen molar-refractivity contribution in [2.45, 2.75) is 13.1 Å². The summed E-state index contributed by atoms with van der Waals surface area (Å²) in [7, 11) is 1.62. The molecule has 2 fully saturated rings. The topological polar surface area (TPSA) is 49.9 Å². The lowest BCUT2D eigenvalue weighted by Crippen LogP contribution is -2.35. The van der Waals surface area contributed by atoms with E-state index in [9.17, 15) is 9.59 Å². The van der Waals surface area contributed by atoms with Crippen molar-refractivity contribution in [3.05, 3.63) is 65.7 Å². The van der Waals surface area contributed by atoms with Crippen LogP contribution in [-0.2, 0) is 22.7 Å². The molecular formula is C21H22N2O3. The third-order valence-electron chi connectivity index (χ3n) is 5.31. The van der Waals surface area contributed by atoms with Gasteiger partial charge in [-0.1, -0.05) is 42.5 Å². The number of imide groups is 1. The van der Waals surface area contributed by atoms with Gasteiger partial charge in [0.1, 0.15) is 5.75 Å². The van der Waals surface area contributed by atoms with Crippen molar-refractivity contribution in [3.63, 3.8) is 0 Å². The van der Waals surface area contributed by atoms with Gasteiger partial charge in [0.2, 0.25) is 11.8 Å². The molecule has 26 heavy (non-hydrogen) atoms. The van der Waals surface area contributed by atoms with Gasteiger partial charge in [-0.3, -0.25) is 19.4 Å². The zero-order valence-corrected chi connectivity index (χ0v) is 14.8. The second kappa shape index (κ2) is 6.92. The standard InChI is InChI=1S/C21H22N2O3/c1-26-17-9-7-16(8-10-17)12-23-20(24)18-13-22(14-19(18)21(23)25)11-15-5-3-2-4-6-15/h2-10,18-19H,11-14H2,1H3/t18-,19-/m1/s1. The molecule has 0 saturated carbocycles. The summed E-state index contributed by atoms with van der Waals surface area (Å²) in [6.45, 7) is 2.44. The minimum absolute atomic E-state index is 0.0358. The lowest BCUT2D eigenvalue weighted by atomic mass is 10.00. The number of hydrogen-bond donors (Lipinski definition) is 0. The first-order valence-corrected chi connectivity index (χ1v) is 8.90. The lowest BCUT2D eigenvalue weighted by Gasteiger charge is -2.20. The van der Waals surface area contributed by atoms with E-state index in [0.29, 0.717) is 19.6 Å². The van der Waals surface area contributed by atoms with Crippen LogP contribution in [0, 0.1) is 11.8 Å². The molecule has 2 aromatic rings. The highest BCUT2D eigenvalue weighted by molar-refractivity contribution is 6.05. The van der Waals surface area contributed by atoms with E-state index in [4.69, 9.17) is 4.74 Å². The van der Waals surface area contributed by atoms with Crippen molar-refractivity contribution in [1.29, 1.82) is 0 Å². The summed E-state index contributed by atoms with van der Waals surface area (Å²) in [5, 5.41) is 0. The van der Waals surface area contributed by atoms with Crippen LogP contribution in [0.15, 0.2) is 54.6 Å². The molecule has 0 N–H and O–H groups in total. The maximum Gasteiger partial charge on any atom is 0.234 e. The Morgan fingerprint density at radius 1 is 0.846 bits per heavy atom. The van der Waals surface area contributed by atoms with Gasteiger partial charge in [-0.2, -0.15) is 0 Å². The van der Waals surface area contributed by atoms with E-state index in [-0.39, 0.29) is 23.7 Å². The minimum Gasteiger partial charge on any atom is -0.497 e. The molecule has 2 heterocycles. The van der Waals surface area contributed by atoms with Crippen molar-refractivity contribution in [1.82, 2.24) is 9.80 Å². The Balaban J connectivity index is 1.42. The van der Waals surface area contributed by atoms with Gasteiger partial charge in [-0.15, -0.1) is 0 Å². The van der Waals surface area contributed by atoms with E-state index in [2.05, 4.69) is 17.0 Å². The van der Waals surface area contributed by atoms with Crippen molar-refractivity contribution >= 4 is 11.8 Å². The Labute approximate surface area is 153 Å². The molecule has 5 heteroatoms. The van der Waals surface area contributed by atoms with Gasteiger partial charge < -0.3 is 4.74 Å². The Kier molecular flexibility index (Phi) is 4.47. The number of methoxy groups -OCH3 is 1. The number of benzene rings is 2. The van der Waals surface area contributed by atoms with Crippen LogP contribution in [-0.4, -0.2) is 41.8 Å². The number of ether oxygens (including phenoxy) is 1. The SMILES string of the molecule is COc1ccc(CN2C(=O)[C@@H]3CN(Cc4ccccc4)C[C@H]3C2=O)cc1. The van der Waals surface area contributed by atoms with E-state index >= 15 is 0 Å². The molecule has 4 rings (SSSR count). The first kappa shape index (κ1) is 16.8. The summed E-state index contributed by atoms with van der Waals surface area (Å²) in [5.41, 5.74) is 2.15. The van der Waals surface area contributed by atoms with Crippen LogP contribution >= 0.6 is 0 Å². The largest absolute Gasteiger partial charge is 0.497 e. The fourth-order valence-corrected chi connectivity index (χ4v) is 3.93. The third-order valence-corrected chi connectivity index (χ3v) is 5.31. The Hall–Kier alpha value is -2.66. The smallest absolute Gasteiger partial charge is 0.234 e. The molecule has 0 unspecified atom stereocenters. The highest BCUT2D eigenvalue weighted by Gasteiger charge is 2.51. The number of fused-ring (bicyclic) bond motifs is 1. The van der Waals surface area contributed by atoms with Crippen LogP contribution < -0.4 is 4.74 Å². The van der Waals surface area contributed by atoms with E-state index < -0.39 is 0 Å². The molecule has 134 valence electrons. The van der Waals surface area contributed by atoms with Crippen LogP contribution in [0.2, 0.25) is 0 Å². The van der Waals surface area contributed by atoms with Crippen LogP contribution in [0.5, 0.6) is 5.75 Å². The highest BCUT2D eigenvalue weighted by Crippen LogP contribution is 2.35. The second-order valence-corrected chi connectivity index (χ2v) is 7.00. The molecular weight excluding hydrogens is 328 g/mol. The molecule has 2 saturated heterocycles. The minimum atomic E-state index is -0.204. The van der Waals surface area contributed by atoms with Crippen LogP contribution in [0.25, 0.3) is 0 Å². The third kappa shape index (κ3) is 3.10. The lowest BCUT2D eigenvalue weighted by molar-refractivity contribution is -0.141. The van der Waals surface area contributed by atoms with Gasteiger partial charge in [-0.05, 0) is 23.3 Å². The van der Waals surface area contributed by atoms with Gasteiger partial charge in [-0.25, -0.2) is 0 Å². The Bertz CT molecular complexity index is 780. The second-order valence-electron chi connectivity index (χ2n) is 7.00. The van der Waals surface area contributed by atoms with Gasteiger partial charge in [0.25, 0.3) is 0 Å². The fourth-order valence-electron chi connectivity index (χ4n) is 3.93. The molecule has 0 aliphatic carbocycles. The zero-order chi connectivity index (χ0) is 18.1. The molecule has 0 spiro atoms. The molecule has 0 bridgehead atoms. The first-order chi connectivity index (χ1) is 12.7. The van der Waals surface area contributed by atoms with Crippen molar-refractivity contribution in [3.8, 4) is 5.75 Å². The first-order valence-electron chi connectivity index (χ1n) is 8.90. The number of carbonyl (C=O) groups excluding carboxylic acids is 2. The number of rotatable bonds is 5.